The topological polar surface area (TPSA) is 53.1 Å². The Kier molecular flexibility index (Phi) is 3.61. The Morgan fingerprint density at radius 3 is 2.47 bits per heavy atom. The van der Waals surface area contributed by atoms with E-state index in [1.807, 2.05) is 18.5 Å². The number of nitrogen functional groups attached to an aromatic ring is 1. The Morgan fingerprint density at radius 2 is 2.00 bits per heavy atom. The quantitative estimate of drug-likeness (QED) is 0.832. The van der Waals surface area contributed by atoms with Crippen LogP contribution in [0.1, 0.15) is 45.9 Å². The molecule has 2 N–H and O–H groups in total. The van der Waals surface area contributed by atoms with Gasteiger partial charge in [0.1, 0.15) is 5.69 Å². The minimum Gasteiger partial charge on any atom is -0.473 e. The summed E-state index contributed by atoms with van der Waals surface area (Å²) in [6, 6.07) is 0.264. The Labute approximate surface area is 91.4 Å². The highest BCUT2D eigenvalue weighted by Crippen LogP contribution is 2.29. The van der Waals surface area contributed by atoms with Gasteiger partial charge in [0.15, 0.2) is 0 Å². The molecule has 4 heteroatoms. The third-order valence-corrected chi connectivity index (χ3v) is 2.46. The van der Waals surface area contributed by atoms with E-state index in [1.165, 1.54) is 0 Å². The minimum atomic E-state index is 0.167. The van der Waals surface area contributed by atoms with Crippen LogP contribution in [0.25, 0.3) is 0 Å². The van der Waals surface area contributed by atoms with Crippen molar-refractivity contribution in [3.8, 4) is 5.88 Å². The average molecular weight is 211 g/mol. The molecule has 0 aliphatic rings. The second kappa shape index (κ2) is 4.55. The smallest absolute Gasteiger partial charge is 0.236 e. The largest absolute Gasteiger partial charge is 0.473 e. The van der Waals surface area contributed by atoms with E-state index in [2.05, 4.69) is 25.9 Å². The molecule has 0 amide bonds. The summed E-state index contributed by atoms with van der Waals surface area (Å²) in [6.45, 7) is 10.2. The molecular formula is C11H21N3O. The number of ether oxygens (including phenoxy) is 1. The summed E-state index contributed by atoms with van der Waals surface area (Å²) in [7, 11) is 0. The van der Waals surface area contributed by atoms with Gasteiger partial charge < -0.3 is 10.5 Å². The second-order valence-corrected chi connectivity index (χ2v) is 4.18. The molecule has 1 unspecified atom stereocenters. The fraction of sp³-hybridized carbons (Fsp3) is 0.727. The van der Waals surface area contributed by atoms with Gasteiger partial charge in [0, 0.05) is 0 Å². The Morgan fingerprint density at radius 1 is 1.40 bits per heavy atom. The van der Waals surface area contributed by atoms with E-state index in [0.717, 1.165) is 12.1 Å². The lowest BCUT2D eigenvalue weighted by atomic mass is 10.3. The van der Waals surface area contributed by atoms with Crippen molar-refractivity contribution in [3.63, 3.8) is 0 Å². The number of nitrogens with two attached hydrogens (primary N) is 1. The molecule has 0 aliphatic heterocycles. The van der Waals surface area contributed by atoms with Gasteiger partial charge in [-0.15, -0.1) is 0 Å². The van der Waals surface area contributed by atoms with E-state index in [0.29, 0.717) is 11.6 Å². The van der Waals surface area contributed by atoms with Crippen molar-refractivity contribution in [2.75, 3.05) is 5.73 Å². The highest BCUT2D eigenvalue weighted by Gasteiger charge is 2.17. The zero-order valence-electron chi connectivity index (χ0n) is 10.2. The third kappa shape index (κ3) is 2.43. The standard InChI is InChI=1S/C11H21N3O/c1-6-8(4)15-11-10(12)9(5)13-14(11)7(2)3/h7-8H,6,12H2,1-5H3. The lowest BCUT2D eigenvalue weighted by molar-refractivity contribution is 0.193. The van der Waals surface area contributed by atoms with Crippen molar-refractivity contribution in [1.29, 1.82) is 0 Å². The molecule has 0 aliphatic carbocycles. The number of rotatable bonds is 4. The van der Waals surface area contributed by atoms with Crippen molar-refractivity contribution < 1.29 is 4.74 Å². The SMILES string of the molecule is CCC(C)Oc1c(N)c(C)nn1C(C)C. The number of anilines is 1. The molecule has 1 atom stereocenters. The van der Waals surface area contributed by atoms with Gasteiger partial charge in [0.05, 0.1) is 17.8 Å². The highest BCUT2D eigenvalue weighted by molar-refractivity contribution is 5.52. The number of aryl methyl sites for hydroxylation is 1. The monoisotopic (exact) mass is 211 g/mol. The first-order chi connectivity index (χ1) is 6.97. The van der Waals surface area contributed by atoms with Crippen molar-refractivity contribution in [2.45, 2.75) is 53.2 Å². The molecule has 0 spiro atoms. The molecule has 4 nitrogen and oxygen atoms in total. The molecular weight excluding hydrogens is 190 g/mol. The Balaban J connectivity index is 3.02. The molecule has 15 heavy (non-hydrogen) atoms. The molecule has 1 aromatic rings. The highest BCUT2D eigenvalue weighted by atomic mass is 16.5. The molecule has 1 rings (SSSR count). The number of nitrogens with zero attached hydrogens (tertiary/aromatic N) is 2. The summed E-state index contributed by atoms with van der Waals surface area (Å²) in [4.78, 5) is 0. The number of hydrogen-bond donors (Lipinski definition) is 1. The lowest BCUT2D eigenvalue weighted by Crippen LogP contribution is -2.15. The van der Waals surface area contributed by atoms with E-state index in [4.69, 9.17) is 10.5 Å². The van der Waals surface area contributed by atoms with Gasteiger partial charge in [0.25, 0.3) is 0 Å². The van der Waals surface area contributed by atoms with Crippen LogP contribution >= 0.6 is 0 Å². The summed E-state index contributed by atoms with van der Waals surface area (Å²) >= 11 is 0. The van der Waals surface area contributed by atoms with Gasteiger partial charge >= 0.3 is 0 Å². The normalized spacial score (nSPS) is 13.2. The summed E-state index contributed by atoms with van der Waals surface area (Å²) in [5.41, 5.74) is 7.43. The van der Waals surface area contributed by atoms with Gasteiger partial charge in [-0.3, -0.25) is 0 Å². The maximum absolute atomic E-state index is 5.94. The van der Waals surface area contributed by atoms with Crippen LogP contribution in [-0.2, 0) is 0 Å². The van der Waals surface area contributed by atoms with E-state index in [1.54, 1.807) is 0 Å². The lowest BCUT2D eigenvalue weighted by Gasteiger charge is -2.16. The molecule has 0 fully saturated rings. The second-order valence-electron chi connectivity index (χ2n) is 4.18. The molecule has 0 bridgehead atoms. The zero-order valence-corrected chi connectivity index (χ0v) is 10.2. The molecule has 86 valence electrons. The first kappa shape index (κ1) is 11.9. The fourth-order valence-corrected chi connectivity index (χ4v) is 1.28. The molecule has 1 aromatic heterocycles. The van der Waals surface area contributed by atoms with Crippen molar-refractivity contribution in [2.24, 2.45) is 0 Å². The van der Waals surface area contributed by atoms with E-state index in [9.17, 15) is 0 Å². The molecule has 0 saturated carbocycles. The third-order valence-electron chi connectivity index (χ3n) is 2.46. The van der Waals surface area contributed by atoms with Crippen LogP contribution in [0.15, 0.2) is 0 Å². The summed E-state index contributed by atoms with van der Waals surface area (Å²) in [5.74, 6) is 0.705. The van der Waals surface area contributed by atoms with Gasteiger partial charge in [-0.05, 0) is 34.1 Å². The predicted octanol–water partition coefficient (Wildman–Crippen LogP) is 2.53. The van der Waals surface area contributed by atoms with Crippen LogP contribution in [-0.4, -0.2) is 15.9 Å². The first-order valence-electron chi connectivity index (χ1n) is 5.48. The maximum atomic E-state index is 5.94. The minimum absolute atomic E-state index is 0.167. The van der Waals surface area contributed by atoms with E-state index < -0.39 is 0 Å². The summed E-state index contributed by atoms with van der Waals surface area (Å²) in [6.07, 6.45) is 1.13. The van der Waals surface area contributed by atoms with Crippen LogP contribution in [0.2, 0.25) is 0 Å². The van der Waals surface area contributed by atoms with Crippen LogP contribution in [0.3, 0.4) is 0 Å². The van der Waals surface area contributed by atoms with Gasteiger partial charge in [-0.25, -0.2) is 4.68 Å². The number of aromatic nitrogens is 2. The van der Waals surface area contributed by atoms with Gasteiger partial charge in [-0.1, -0.05) is 6.92 Å². The molecule has 0 saturated heterocycles. The Hall–Kier alpha value is -1.19. The molecule has 0 aromatic carbocycles. The predicted molar refractivity (Wildman–Crippen MR) is 62.1 cm³/mol. The maximum Gasteiger partial charge on any atom is 0.236 e. The molecule has 0 radical (unpaired) electrons. The van der Waals surface area contributed by atoms with Crippen molar-refractivity contribution in [3.05, 3.63) is 5.69 Å². The Bertz CT molecular complexity index is 331. The van der Waals surface area contributed by atoms with Crippen LogP contribution in [0, 0.1) is 6.92 Å². The van der Waals surface area contributed by atoms with E-state index in [-0.39, 0.29) is 12.1 Å². The van der Waals surface area contributed by atoms with Crippen LogP contribution in [0.4, 0.5) is 5.69 Å². The first-order valence-corrected chi connectivity index (χ1v) is 5.48. The van der Waals surface area contributed by atoms with Crippen LogP contribution in [0.5, 0.6) is 5.88 Å². The summed E-state index contributed by atoms with van der Waals surface area (Å²) < 4.78 is 7.63. The van der Waals surface area contributed by atoms with Gasteiger partial charge in [-0.2, -0.15) is 5.10 Å². The van der Waals surface area contributed by atoms with Crippen molar-refractivity contribution in [1.82, 2.24) is 9.78 Å². The zero-order chi connectivity index (χ0) is 11.6. The summed E-state index contributed by atoms with van der Waals surface area (Å²) in [5, 5.41) is 4.36. The van der Waals surface area contributed by atoms with Gasteiger partial charge in [0.2, 0.25) is 5.88 Å². The fourth-order valence-electron chi connectivity index (χ4n) is 1.28. The van der Waals surface area contributed by atoms with Crippen LogP contribution < -0.4 is 10.5 Å². The average Bonchev–Trinajstić information content (AvgIpc) is 2.46. The number of hydrogen-bond acceptors (Lipinski definition) is 3. The van der Waals surface area contributed by atoms with E-state index >= 15 is 0 Å². The molecule has 1 heterocycles. The van der Waals surface area contributed by atoms with Crippen molar-refractivity contribution >= 4 is 5.69 Å².